The number of aromatic nitrogens is 3. The molecule has 3 heteroatoms. The summed E-state index contributed by atoms with van der Waals surface area (Å²) in [5, 5.41) is 9.51. The largest absolute Gasteiger partial charge is 0.278 e. The third kappa shape index (κ3) is 4.92. The third-order valence-corrected chi connectivity index (χ3v) is 6.78. The molecule has 0 unspecified atom stereocenters. The normalized spacial score (nSPS) is 14.8. The summed E-state index contributed by atoms with van der Waals surface area (Å²) < 4.78 is 2.39. The molecule has 0 spiro atoms. The quantitative estimate of drug-likeness (QED) is 0.353. The molecule has 1 fully saturated rings. The lowest BCUT2D eigenvalue weighted by Gasteiger charge is -2.24. The van der Waals surface area contributed by atoms with Crippen LogP contribution in [0.1, 0.15) is 93.1 Å². The van der Waals surface area contributed by atoms with Crippen molar-refractivity contribution in [1.82, 2.24) is 14.8 Å². The minimum absolute atomic E-state index is 0.506. The fourth-order valence-electron chi connectivity index (χ4n) is 5.21. The fourth-order valence-corrected chi connectivity index (χ4v) is 5.21. The summed E-state index contributed by atoms with van der Waals surface area (Å²) in [7, 11) is 0. The van der Waals surface area contributed by atoms with Crippen LogP contribution in [0.5, 0.6) is 0 Å². The van der Waals surface area contributed by atoms with E-state index in [1.165, 1.54) is 86.6 Å². The lowest BCUT2D eigenvalue weighted by molar-refractivity contribution is 0.424. The number of rotatable bonds is 8. The molecule has 2 aromatic carbocycles. The van der Waals surface area contributed by atoms with Crippen molar-refractivity contribution < 1.29 is 0 Å². The molecule has 1 aliphatic carbocycles. The van der Waals surface area contributed by atoms with E-state index < -0.39 is 0 Å². The van der Waals surface area contributed by atoms with Gasteiger partial charge in [-0.2, -0.15) is 0 Å². The molecule has 0 radical (unpaired) electrons. The summed E-state index contributed by atoms with van der Waals surface area (Å²) >= 11 is 0. The number of hydrogen-bond donors (Lipinski definition) is 0. The number of nitrogens with zero attached hydrogens (tertiary/aromatic N) is 3. The van der Waals surface area contributed by atoms with Gasteiger partial charge in [0, 0.05) is 11.5 Å². The van der Waals surface area contributed by atoms with Crippen LogP contribution in [0.15, 0.2) is 42.5 Å². The first-order valence-electron chi connectivity index (χ1n) is 12.3. The topological polar surface area (TPSA) is 30.7 Å². The molecule has 0 N–H and O–H groups in total. The zero-order valence-electron chi connectivity index (χ0n) is 19.5. The minimum Gasteiger partial charge on any atom is -0.278 e. The fraction of sp³-hybridized carbons (Fsp3) is 0.500. The summed E-state index contributed by atoms with van der Waals surface area (Å²) in [4.78, 5) is 0. The van der Waals surface area contributed by atoms with Crippen LogP contribution in [0, 0.1) is 13.8 Å². The average Bonchev–Trinajstić information content (AvgIpc) is 3.22. The Kier molecular flexibility index (Phi) is 7.21. The molecule has 0 saturated heterocycles. The molecule has 1 aliphatic rings. The van der Waals surface area contributed by atoms with Gasteiger partial charge < -0.3 is 0 Å². The van der Waals surface area contributed by atoms with Gasteiger partial charge in [-0.3, -0.25) is 4.57 Å². The van der Waals surface area contributed by atoms with Gasteiger partial charge in [0.15, 0.2) is 5.82 Å². The Morgan fingerprint density at radius 3 is 2.26 bits per heavy atom. The first-order chi connectivity index (χ1) is 15.2. The zero-order valence-corrected chi connectivity index (χ0v) is 19.5. The average molecular weight is 416 g/mol. The monoisotopic (exact) mass is 415 g/mol. The highest BCUT2D eigenvalue weighted by molar-refractivity contribution is 5.62. The van der Waals surface area contributed by atoms with E-state index in [1.807, 2.05) is 0 Å². The maximum Gasteiger partial charge on any atom is 0.168 e. The molecular formula is C28H37N3. The molecule has 3 aromatic rings. The van der Waals surface area contributed by atoms with Crippen molar-refractivity contribution in [2.75, 3.05) is 0 Å². The smallest absolute Gasteiger partial charge is 0.168 e. The second kappa shape index (κ2) is 10.3. The van der Waals surface area contributed by atoms with Crippen molar-refractivity contribution in [3.63, 3.8) is 0 Å². The summed E-state index contributed by atoms with van der Waals surface area (Å²) in [6, 6.07) is 15.3. The molecule has 0 amide bonds. The molecule has 31 heavy (non-hydrogen) atoms. The van der Waals surface area contributed by atoms with E-state index in [4.69, 9.17) is 10.2 Å². The van der Waals surface area contributed by atoms with Crippen molar-refractivity contribution in [2.24, 2.45) is 0 Å². The van der Waals surface area contributed by atoms with Gasteiger partial charge in [-0.15, -0.1) is 10.2 Å². The maximum absolute atomic E-state index is 4.78. The Morgan fingerprint density at radius 1 is 0.871 bits per heavy atom. The van der Waals surface area contributed by atoms with E-state index in [0.717, 1.165) is 17.2 Å². The number of aryl methyl sites for hydroxylation is 3. The first-order valence-corrected chi connectivity index (χ1v) is 12.3. The summed E-state index contributed by atoms with van der Waals surface area (Å²) in [5.41, 5.74) is 6.55. The van der Waals surface area contributed by atoms with Crippen LogP contribution in [0.4, 0.5) is 0 Å². The third-order valence-electron chi connectivity index (χ3n) is 6.78. The summed E-state index contributed by atoms with van der Waals surface area (Å²) in [6.07, 6.45) is 12.8. The van der Waals surface area contributed by atoms with Crippen LogP contribution in [-0.2, 0) is 6.42 Å². The molecule has 3 nitrogen and oxygen atoms in total. The van der Waals surface area contributed by atoms with E-state index in [0.29, 0.717) is 5.92 Å². The van der Waals surface area contributed by atoms with Crippen molar-refractivity contribution in [3.05, 3.63) is 65.0 Å². The van der Waals surface area contributed by atoms with E-state index in [9.17, 15) is 0 Å². The molecule has 1 saturated carbocycles. The van der Waals surface area contributed by atoms with Gasteiger partial charge in [-0.25, -0.2) is 0 Å². The highest BCUT2D eigenvalue weighted by Crippen LogP contribution is 2.36. The van der Waals surface area contributed by atoms with Gasteiger partial charge >= 0.3 is 0 Å². The SMILES string of the molecule is CCCCCCc1cc(C)c(-n2c(-c3ccccc3)nnc2C2CCCCC2)c(C)c1. The molecule has 0 aliphatic heterocycles. The van der Waals surface area contributed by atoms with Gasteiger partial charge in [0.05, 0.1) is 5.69 Å². The van der Waals surface area contributed by atoms with Crippen molar-refractivity contribution in [3.8, 4) is 17.1 Å². The summed E-state index contributed by atoms with van der Waals surface area (Å²) in [5.74, 6) is 2.63. The standard InChI is InChI=1S/C28H37N3/c1-4-5-6-9-14-23-19-21(2)26(22(3)20-23)31-27(24-15-10-7-11-16-24)29-30-28(31)25-17-12-8-13-18-25/h7,10-11,15-16,19-20,25H,4-6,8-9,12-14,17-18H2,1-3H3. The first kappa shape index (κ1) is 21.8. The van der Waals surface area contributed by atoms with E-state index >= 15 is 0 Å². The lowest BCUT2D eigenvalue weighted by atomic mass is 9.88. The van der Waals surface area contributed by atoms with E-state index in [2.05, 4.69) is 67.8 Å². The molecule has 164 valence electrons. The molecule has 1 heterocycles. The molecule has 0 atom stereocenters. The van der Waals surface area contributed by atoms with E-state index in [-0.39, 0.29) is 0 Å². The number of benzene rings is 2. The Hall–Kier alpha value is -2.42. The van der Waals surface area contributed by atoms with E-state index in [1.54, 1.807) is 0 Å². The Bertz CT molecular complexity index is 958. The molecular weight excluding hydrogens is 378 g/mol. The Morgan fingerprint density at radius 2 is 1.58 bits per heavy atom. The second-order valence-corrected chi connectivity index (χ2v) is 9.31. The van der Waals surface area contributed by atoms with Crippen LogP contribution < -0.4 is 0 Å². The van der Waals surface area contributed by atoms with Crippen LogP contribution in [0.3, 0.4) is 0 Å². The van der Waals surface area contributed by atoms with Crippen molar-refractivity contribution in [2.45, 2.75) is 90.9 Å². The number of hydrogen-bond acceptors (Lipinski definition) is 2. The minimum atomic E-state index is 0.506. The Balaban J connectivity index is 1.76. The van der Waals surface area contributed by atoms with Gasteiger partial charge in [0.25, 0.3) is 0 Å². The highest BCUT2D eigenvalue weighted by atomic mass is 15.3. The zero-order chi connectivity index (χ0) is 21.6. The van der Waals surface area contributed by atoms with Gasteiger partial charge in [-0.1, -0.05) is 87.9 Å². The molecule has 4 rings (SSSR count). The van der Waals surface area contributed by atoms with Crippen molar-refractivity contribution in [1.29, 1.82) is 0 Å². The maximum atomic E-state index is 4.78. The van der Waals surface area contributed by atoms with Crippen LogP contribution in [0.25, 0.3) is 17.1 Å². The second-order valence-electron chi connectivity index (χ2n) is 9.31. The van der Waals surface area contributed by atoms with Gasteiger partial charge in [-0.05, 0) is 56.2 Å². The predicted octanol–water partition coefficient (Wildman–Crippen LogP) is 7.72. The Labute approximate surface area is 187 Å². The van der Waals surface area contributed by atoms with Crippen LogP contribution in [-0.4, -0.2) is 14.8 Å². The lowest BCUT2D eigenvalue weighted by Crippen LogP contribution is -2.14. The van der Waals surface area contributed by atoms with Crippen LogP contribution in [0.2, 0.25) is 0 Å². The summed E-state index contributed by atoms with van der Waals surface area (Å²) in [6.45, 7) is 6.80. The molecule has 1 aromatic heterocycles. The predicted molar refractivity (Wildman–Crippen MR) is 130 cm³/mol. The van der Waals surface area contributed by atoms with Crippen molar-refractivity contribution >= 4 is 0 Å². The molecule has 0 bridgehead atoms. The van der Waals surface area contributed by atoms with Crippen LogP contribution >= 0.6 is 0 Å². The van der Waals surface area contributed by atoms with Gasteiger partial charge in [0.1, 0.15) is 5.82 Å². The highest BCUT2D eigenvalue weighted by Gasteiger charge is 2.26. The number of unbranched alkanes of at least 4 members (excludes halogenated alkanes) is 3. The van der Waals surface area contributed by atoms with Gasteiger partial charge in [0.2, 0.25) is 0 Å².